The summed E-state index contributed by atoms with van der Waals surface area (Å²) in [6.07, 6.45) is 1.12. The van der Waals surface area contributed by atoms with Crippen molar-refractivity contribution in [1.29, 1.82) is 0 Å². The number of hydrogen-bond donors (Lipinski definition) is 1. The lowest BCUT2D eigenvalue weighted by atomic mass is 9.89. The largest absolute Gasteiger partial charge is 0.481 e. The Hall–Kier alpha value is -1.49. The minimum atomic E-state index is -0.944. The summed E-state index contributed by atoms with van der Waals surface area (Å²) in [6, 6.07) is 3.14. The number of hydrogen-bond acceptors (Lipinski definition) is 2. The van der Waals surface area contributed by atoms with Gasteiger partial charge in [-0.3, -0.25) is 4.79 Å². The topological polar surface area (TPSA) is 40.5 Å². The van der Waals surface area contributed by atoms with Gasteiger partial charge in [-0.15, -0.1) is 0 Å². The number of nitrogens with zero attached hydrogens (tertiary/aromatic N) is 1. The van der Waals surface area contributed by atoms with Gasteiger partial charge in [-0.05, 0) is 44.6 Å². The Labute approximate surface area is 104 Å². The van der Waals surface area contributed by atoms with E-state index in [0.29, 0.717) is 18.4 Å². The second-order valence-corrected chi connectivity index (χ2v) is 5.00. The molecule has 0 aromatic heterocycles. The maximum atomic E-state index is 13.3. The molecule has 2 rings (SSSR count). The van der Waals surface area contributed by atoms with Gasteiger partial charge in [-0.2, -0.15) is 0 Å². The molecule has 1 aromatic rings. The fourth-order valence-corrected chi connectivity index (χ4v) is 2.53. The average molecular weight is 255 g/mol. The first-order valence-electron chi connectivity index (χ1n) is 5.73. The van der Waals surface area contributed by atoms with Gasteiger partial charge in [0.2, 0.25) is 0 Å². The molecule has 1 aromatic carbocycles. The van der Waals surface area contributed by atoms with Crippen LogP contribution in [0.25, 0.3) is 0 Å². The third kappa shape index (κ3) is 1.99. The van der Waals surface area contributed by atoms with Crippen LogP contribution in [0.4, 0.5) is 8.78 Å². The minimum absolute atomic E-state index is 0.440. The lowest BCUT2D eigenvalue weighted by Gasteiger charge is -2.30. The number of carbonyl (C=O) groups is 1. The zero-order chi connectivity index (χ0) is 13.5. The van der Waals surface area contributed by atoms with Crippen LogP contribution in [-0.2, 0) is 4.79 Å². The van der Waals surface area contributed by atoms with Crippen LogP contribution in [0.5, 0.6) is 0 Å². The Morgan fingerprint density at radius 1 is 1.33 bits per heavy atom. The van der Waals surface area contributed by atoms with Crippen molar-refractivity contribution in [2.45, 2.75) is 18.9 Å². The lowest BCUT2D eigenvalue weighted by molar-refractivity contribution is -0.146. The van der Waals surface area contributed by atoms with Crippen LogP contribution in [0.2, 0.25) is 0 Å². The standard InChI is InChI=1S/C13H15F2NO2/c1-16(2)11(13(5-6-13)12(17)18)8-3-4-9(14)10(15)7-8/h3-4,7,11H,5-6H2,1-2H3,(H,17,18). The van der Waals surface area contributed by atoms with E-state index in [-0.39, 0.29) is 0 Å². The van der Waals surface area contributed by atoms with E-state index >= 15 is 0 Å². The van der Waals surface area contributed by atoms with E-state index in [1.807, 2.05) is 0 Å². The molecule has 0 spiro atoms. The van der Waals surface area contributed by atoms with Crippen LogP contribution < -0.4 is 0 Å². The van der Waals surface area contributed by atoms with Crippen LogP contribution in [0.15, 0.2) is 18.2 Å². The zero-order valence-corrected chi connectivity index (χ0v) is 10.3. The van der Waals surface area contributed by atoms with Gasteiger partial charge in [0.15, 0.2) is 11.6 Å². The van der Waals surface area contributed by atoms with Crippen LogP contribution in [-0.4, -0.2) is 30.1 Å². The molecule has 0 amide bonds. The second-order valence-electron chi connectivity index (χ2n) is 5.00. The Morgan fingerprint density at radius 2 is 1.94 bits per heavy atom. The van der Waals surface area contributed by atoms with E-state index in [1.54, 1.807) is 19.0 Å². The highest BCUT2D eigenvalue weighted by Crippen LogP contribution is 2.57. The smallest absolute Gasteiger partial charge is 0.311 e. The maximum absolute atomic E-state index is 13.3. The second kappa shape index (κ2) is 4.31. The molecule has 1 N–H and O–H groups in total. The first-order chi connectivity index (χ1) is 8.38. The number of carboxylic acids is 1. The highest BCUT2D eigenvalue weighted by molar-refractivity contribution is 5.79. The number of rotatable bonds is 4. The van der Waals surface area contributed by atoms with Gasteiger partial charge in [0, 0.05) is 0 Å². The number of aliphatic carboxylic acids is 1. The lowest BCUT2D eigenvalue weighted by Crippen LogP contribution is -2.34. The first kappa shape index (κ1) is 13.0. The Morgan fingerprint density at radius 3 is 2.33 bits per heavy atom. The molecule has 3 nitrogen and oxygen atoms in total. The normalized spacial score (nSPS) is 18.7. The Kier molecular flexibility index (Phi) is 3.11. The predicted molar refractivity (Wildman–Crippen MR) is 62.1 cm³/mol. The van der Waals surface area contributed by atoms with Gasteiger partial charge in [0.1, 0.15) is 0 Å². The van der Waals surface area contributed by atoms with E-state index in [9.17, 15) is 18.7 Å². The summed E-state index contributed by atoms with van der Waals surface area (Å²) in [7, 11) is 3.49. The van der Waals surface area contributed by atoms with E-state index in [4.69, 9.17) is 0 Å². The molecule has 1 fully saturated rings. The van der Waals surface area contributed by atoms with E-state index in [1.165, 1.54) is 6.07 Å². The van der Waals surface area contributed by atoms with Crippen molar-refractivity contribution in [3.05, 3.63) is 35.4 Å². The molecular formula is C13H15F2NO2. The van der Waals surface area contributed by atoms with Crippen molar-refractivity contribution in [3.63, 3.8) is 0 Å². The van der Waals surface area contributed by atoms with E-state index in [2.05, 4.69) is 0 Å². The Balaban J connectivity index is 2.43. The van der Waals surface area contributed by atoms with Crippen molar-refractivity contribution in [2.75, 3.05) is 14.1 Å². The van der Waals surface area contributed by atoms with Gasteiger partial charge in [-0.1, -0.05) is 6.07 Å². The molecule has 0 radical (unpaired) electrons. The molecule has 0 bridgehead atoms. The van der Waals surface area contributed by atoms with Gasteiger partial charge in [-0.25, -0.2) is 8.78 Å². The van der Waals surface area contributed by atoms with Crippen molar-refractivity contribution in [1.82, 2.24) is 4.90 Å². The molecule has 1 atom stereocenters. The zero-order valence-electron chi connectivity index (χ0n) is 10.3. The van der Waals surface area contributed by atoms with Gasteiger partial charge < -0.3 is 10.0 Å². The molecular weight excluding hydrogens is 240 g/mol. The first-order valence-corrected chi connectivity index (χ1v) is 5.73. The number of benzene rings is 1. The maximum Gasteiger partial charge on any atom is 0.311 e. The fraction of sp³-hybridized carbons (Fsp3) is 0.462. The summed E-state index contributed by atoms with van der Waals surface area (Å²) in [4.78, 5) is 13.1. The quantitative estimate of drug-likeness (QED) is 0.898. The third-order valence-electron chi connectivity index (χ3n) is 3.51. The van der Waals surface area contributed by atoms with Crippen LogP contribution in [0.3, 0.4) is 0 Å². The molecule has 1 saturated carbocycles. The van der Waals surface area contributed by atoms with Crippen molar-refractivity contribution < 1.29 is 18.7 Å². The summed E-state index contributed by atoms with van der Waals surface area (Å²) >= 11 is 0. The molecule has 98 valence electrons. The monoisotopic (exact) mass is 255 g/mol. The Bertz CT molecular complexity index is 484. The average Bonchev–Trinajstić information content (AvgIpc) is 3.04. The van der Waals surface area contributed by atoms with Gasteiger partial charge in [0.05, 0.1) is 11.5 Å². The molecule has 0 saturated heterocycles. The predicted octanol–water partition coefficient (Wildman–Crippen LogP) is 2.43. The van der Waals surface area contributed by atoms with Crippen LogP contribution >= 0.6 is 0 Å². The summed E-state index contributed by atoms with van der Waals surface area (Å²) < 4.78 is 26.2. The van der Waals surface area contributed by atoms with Gasteiger partial charge in [0.25, 0.3) is 0 Å². The SMILES string of the molecule is CN(C)C(c1ccc(F)c(F)c1)C1(C(=O)O)CC1. The highest BCUT2D eigenvalue weighted by atomic mass is 19.2. The molecule has 0 heterocycles. The molecule has 1 unspecified atom stereocenters. The van der Waals surface area contributed by atoms with E-state index in [0.717, 1.165) is 12.1 Å². The molecule has 18 heavy (non-hydrogen) atoms. The molecule has 0 aliphatic heterocycles. The number of carboxylic acid groups (broad SMARTS) is 1. The summed E-state index contributed by atoms with van der Waals surface area (Å²) in [5.74, 6) is -2.75. The molecule has 1 aliphatic rings. The van der Waals surface area contributed by atoms with Crippen LogP contribution in [0.1, 0.15) is 24.4 Å². The highest BCUT2D eigenvalue weighted by Gasteiger charge is 2.57. The fourth-order valence-electron chi connectivity index (χ4n) is 2.53. The number of halogens is 2. The van der Waals surface area contributed by atoms with Crippen LogP contribution in [0, 0.1) is 17.0 Å². The van der Waals surface area contributed by atoms with Crippen molar-refractivity contribution >= 4 is 5.97 Å². The minimum Gasteiger partial charge on any atom is -0.481 e. The summed E-state index contributed by atoms with van der Waals surface area (Å²) in [5, 5.41) is 9.31. The van der Waals surface area contributed by atoms with Crippen molar-refractivity contribution in [2.24, 2.45) is 5.41 Å². The van der Waals surface area contributed by atoms with Crippen molar-refractivity contribution in [3.8, 4) is 0 Å². The third-order valence-corrected chi connectivity index (χ3v) is 3.51. The van der Waals surface area contributed by atoms with Gasteiger partial charge >= 0.3 is 5.97 Å². The van der Waals surface area contributed by atoms with E-state index < -0.39 is 29.1 Å². The summed E-state index contributed by atoms with van der Waals surface area (Å²) in [6.45, 7) is 0. The summed E-state index contributed by atoms with van der Waals surface area (Å²) in [5.41, 5.74) is -0.368. The molecule has 5 heteroatoms. The molecule has 1 aliphatic carbocycles.